The van der Waals surface area contributed by atoms with Crippen molar-refractivity contribution in [2.45, 2.75) is 43.7 Å². The molecule has 0 aromatic heterocycles. The first-order valence-electron chi connectivity index (χ1n) is 6.37. The van der Waals surface area contributed by atoms with Gasteiger partial charge in [0.25, 0.3) is 0 Å². The van der Waals surface area contributed by atoms with Gasteiger partial charge in [-0.2, -0.15) is 0 Å². The number of rotatable bonds is 5. The zero-order valence-electron chi connectivity index (χ0n) is 10.6. The molecule has 0 amide bonds. The van der Waals surface area contributed by atoms with E-state index in [1.54, 1.807) is 0 Å². The lowest BCUT2D eigenvalue weighted by atomic mass is 10.3. The average molecular weight is 251 g/mol. The Labute approximate surface area is 108 Å². The van der Waals surface area contributed by atoms with Crippen LogP contribution in [-0.2, 0) is 0 Å². The second kappa shape index (κ2) is 6.31. The molecule has 3 heteroatoms. The smallest absolute Gasteiger partial charge is 0.119 e. The zero-order chi connectivity index (χ0) is 12.1. The van der Waals surface area contributed by atoms with Crippen molar-refractivity contribution in [2.75, 3.05) is 12.3 Å². The van der Waals surface area contributed by atoms with Crippen LogP contribution in [0.3, 0.4) is 0 Å². The van der Waals surface area contributed by atoms with Crippen molar-refractivity contribution in [1.29, 1.82) is 0 Å². The molecule has 1 heterocycles. The van der Waals surface area contributed by atoms with E-state index in [2.05, 4.69) is 43.4 Å². The predicted molar refractivity (Wildman–Crippen MR) is 74.0 cm³/mol. The summed E-state index contributed by atoms with van der Waals surface area (Å²) < 4.78 is 5.63. The minimum atomic E-state index is 0.246. The third kappa shape index (κ3) is 4.25. The molecule has 1 aromatic carbocycles. The van der Waals surface area contributed by atoms with Crippen LogP contribution in [0.1, 0.15) is 26.7 Å². The number of nitrogens with one attached hydrogen (secondary N) is 1. The van der Waals surface area contributed by atoms with E-state index in [0.29, 0.717) is 6.04 Å². The Morgan fingerprint density at radius 3 is 2.71 bits per heavy atom. The first-order chi connectivity index (χ1) is 8.24. The lowest BCUT2D eigenvalue weighted by Gasteiger charge is -2.11. The van der Waals surface area contributed by atoms with E-state index in [1.165, 1.54) is 30.0 Å². The highest BCUT2D eigenvalue weighted by Gasteiger charge is 2.13. The summed E-state index contributed by atoms with van der Waals surface area (Å²) >= 11 is 1.93. The molecule has 0 spiro atoms. The monoisotopic (exact) mass is 251 g/mol. The van der Waals surface area contributed by atoms with Crippen molar-refractivity contribution in [3.05, 3.63) is 24.3 Å². The van der Waals surface area contributed by atoms with Crippen molar-refractivity contribution < 1.29 is 4.74 Å². The standard InChI is InChI=1S/C14H21NOS/c1-11(2)16-13-5-7-14(8-6-13)17-10-12-4-3-9-15-12/h5-8,11-12,15H,3-4,9-10H2,1-2H3. The third-order valence-electron chi connectivity index (χ3n) is 2.81. The van der Waals surface area contributed by atoms with Crippen molar-refractivity contribution in [2.24, 2.45) is 0 Å². The van der Waals surface area contributed by atoms with Gasteiger partial charge in [-0.1, -0.05) is 0 Å². The van der Waals surface area contributed by atoms with Gasteiger partial charge in [0.15, 0.2) is 0 Å². The first kappa shape index (κ1) is 12.8. The van der Waals surface area contributed by atoms with Crippen molar-refractivity contribution in [3.63, 3.8) is 0 Å². The Morgan fingerprint density at radius 2 is 2.12 bits per heavy atom. The maximum Gasteiger partial charge on any atom is 0.119 e. The largest absolute Gasteiger partial charge is 0.491 e. The molecule has 1 atom stereocenters. The Bertz CT molecular complexity index is 331. The fraction of sp³-hybridized carbons (Fsp3) is 0.571. The van der Waals surface area contributed by atoms with Crippen LogP contribution in [0.25, 0.3) is 0 Å². The maximum atomic E-state index is 5.63. The highest BCUT2D eigenvalue weighted by molar-refractivity contribution is 7.99. The Morgan fingerprint density at radius 1 is 1.35 bits per heavy atom. The Hall–Kier alpha value is -0.670. The fourth-order valence-corrected chi connectivity index (χ4v) is 2.99. The fourth-order valence-electron chi connectivity index (χ4n) is 1.98. The molecule has 2 nitrogen and oxygen atoms in total. The molecule has 1 unspecified atom stereocenters. The van der Waals surface area contributed by atoms with Gasteiger partial charge in [0.1, 0.15) is 5.75 Å². The highest BCUT2D eigenvalue weighted by atomic mass is 32.2. The zero-order valence-corrected chi connectivity index (χ0v) is 11.4. The van der Waals surface area contributed by atoms with Crippen LogP contribution in [0.4, 0.5) is 0 Å². The average Bonchev–Trinajstić information content (AvgIpc) is 2.80. The van der Waals surface area contributed by atoms with Crippen LogP contribution < -0.4 is 10.1 Å². The molecule has 1 saturated heterocycles. The summed E-state index contributed by atoms with van der Waals surface area (Å²) in [5, 5.41) is 3.52. The molecule has 1 aliphatic rings. The number of ether oxygens (including phenoxy) is 1. The van der Waals surface area contributed by atoms with Gasteiger partial charge in [-0.15, -0.1) is 11.8 Å². The second-order valence-corrected chi connectivity index (χ2v) is 5.84. The van der Waals surface area contributed by atoms with Crippen LogP contribution in [-0.4, -0.2) is 24.4 Å². The van der Waals surface area contributed by atoms with Crippen LogP contribution in [0.2, 0.25) is 0 Å². The molecule has 1 N–H and O–H groups in total. The molecule has 17 heavy (non-hydrogen) atoms. The predicted octanol–water partition coefficient (Wildman–Crippen LogP) is 3.32. The quantitative estimate of drug-likeness (QED) is 0.811. The van der Waals surface area contributed by atoms with Gasteiger partial charge in [-0.05, 0) is 57.5 Å². The van der Waals surface area contributed by atoms with E-state index in [0.717, 1.165) is 5.75 Å². The molecule has 1 fully saturated rings. The number of hydrogen-bond acceptors (Lipinski definition) is 3. The van der Waals surface area contributed by atoms with Gasteiger partial charge in [0.2, 0.25) is 0 Å². The Balaban J connectivity index is 1.80. The molecule has 0 saturated carbocycles. The lowest BCUT2D eigenvalue weighted by molar-refractivity contribution is 0.242. The van der Waals surface area contributed by atoms with Gasteiger partial charge >= 0.3 is 0 Å². The van der Waals surface area contributed by atoms with Gasteiger partial charge in [-0.3, -0.25) is 0 Å². The molecule has 0 aliphatic carbocycles. The van der Waals surface area contributed by atoms with E-state index in [9.17, 15) is 0 Å². The molecular weight excluding hydrogens is 230 g/mol. The van der Waals surface area contributed by atoms with E-state index in [-0.39, 0.29) is 6.10 Å². The van der Waals surface area contributed by atoms with E-state index in [1.807, 2.05) is 11.8 Å². The third-order valence-corrected chi connectivity index (χ3v) is 3.98. The van der Waals surface area contributed by atoms with Crippen molar-refractivity contribution in [3.8, 4) is 5.75 Å². The SMILES string of the molecule is CC(C)Oc1ccc(SCC2CCCN2)cc1. The number of hydrogen-bond donors (Lipinski definition) is 1. The minimum absolute atomic E-state index is 0.246. The van der Waals surface area contributed by atoms with Crippen LogP contribution in [0.5, 0.6) is 5.75 Å². The number of thioether (sulfide) groups is 1. The van der Waals surface area contributed by atoms with Crippen LogP contribution in [0, 0.1) is 0 Å². The van der Waals surface area contributed by atoms with Crippen LogP contribution in [0.15, 0.2) is 29.2 Å². The van der Waals surface area contributed by atoms with Gasteiger partial charge in [-0.25, -0.2) is 0 Å². The van der Waals surface area contributed by atoms with E-state index in [4.69, 9.17) is 4.74 Å². The summed E-state index contributed by atoms with van der Waals surface area (Å²) in [4.78, 5) is 1.33. The highest BCUT2D eigenvalue weighted by Crippen LogP contribution is 2.24. The Kier molecular flexibility index (Phi) is 4.75. The number of benzene rings is 1. The van der Waals surface area contributed by atoms with Gasteiger partial charge in [0.05, 0.1) is 6.10 Å². The summed E-state index contributed by atoms with van der Waals surface area (Å²) in [5.74, 6) is 2.13. The molecule has 1 aliphatic heterocycles. The van der Waals surface area contributed by atoms with Crippen molar-refractivity contribution in [1.82, 2.24) is 5.32 Å². The summed E-state index contributed by atoms with van der Waals surface area (Å²) in [6, 6.07) is 9.12. The van der Waals surface area contributed by atoms with E-state index < -0.39 is 0 Å². The van der Waals surface area contributed by atoms with Gasteiger partial charge in [0, 0.05) is 16.7 Å². The minimum Gasteiger partial charge on any atom is -0.491 e. The molecule has 94 valence electrons. The first-order valence-corrected chi connectivity index (χ1v) is 7.35. The molecule has 1 aromatic rings. The topological polar surface area (TPSA) is 21.3 Å². The summed E-state index contributed by atoms with van der Waals surface area (Å²) in [6.45, 7) is 5.29. The molecule has 2 rings (SSSR count). The molecule has 0 bridgehead atoms. The normalized spacial score (nSPS) is 19.8. The summed E-state index contributed by atoms with van der Waals surface area (Å²) in [5.41, 5.74) is 0. The van der Waals surface area contributed by atoms with Crippen LogP contribution >= 0.6 is 11.8 Å². The van der Waals surface area contributed by atoms with Gasteiger partial charge < -0.3 is 10.1 Å². The maximum absolute atomic E-state index is 5.63. The second-order valence-electron chi connectivity index (χ2n) is 4.74. The van der Waals surface area contributed by atoms with Crippen molar-refractivity contribution >= 4 is 11.8 Å². The molecule has 0 radical (unpaired) electrons. The summed E-state index contributed by atoms with van der Waals surface area (Å²) in [7, 11) is 0. The lowest BCUT2D eigenvalue weighted by Crippen LogP contribution is -2.23. The summed E-state index contributed by atoms with van der Waals surface area (Å²) in [6.07, 6.45) is 2.89. The molecular formula is C14H21NOS. The van der Waals surface area contributed by atoms with E-state index >= 15 is 0 Å².